The molecule has 230 valence electrons. The van der Waals surface area contributed by atoms with Crippen LogP contribution < -0.4 is 26.2 Å². The second-order valence-electron chi connectivity index (χ2n) is 12.2. The predicted molar refractivity (Wildman–Crippen MR) is 171 cm³/mol. The van der Waals surface area contributed by atoms with E-state index in [2.05, 4.69) is 21.3 Å². The lowest BCUT2D eigenvalue weighted by Gasteiger charge is -2.34. The number of carbonyl (C=O) groups is 1. The van der Waals surface area contributed by atoms with Crippen molar-refractivity contribution in [2.75, 3.05) is 31.6 Å². The molecular formula is C33H44N6O3S. The quantitative estimate of drug-likeness (QED) is 0.301. The Hall–Kier alpha value is -3.18. The smallest absolute Gasteiger partial charge is 0.327 e. The Morgan fingerprint density at radius 1 is 0.953 bits per heavy atom. The van der Waals surface area contributed by atoms with Crippen LogP contribution in [-0.2, 0) is 16.6 Å². The van der Waals surface area contributed by atoms with Gasteiger partial charge in [0.25, 0.3) is 0 Å². The first-order chi connectivity index (χ1) is 20.9. The van der Waals surface area contributed by atoms with Gasteiger partial charge in [-0.3, -0.25) is 4.90 Å². The van der Waals surface area contributed by atoms with Crippen molar-refractivity contribution in [1.82, 2.24) is 25.6 Å². The largest absolute Gasteiger partial charge is 0.361 e. The maximum atomic E-state index is 14.0. The van der Waals surface area contributed by atoms with Gasteiger partial charge < -0.3 is 21.3 Å². The fourth-order valence-corrected chi connectivity index (χ4v) is 8.59. The molecule has 0 spiro atoms. The Labute approximate surface area is 255 Å². The van der Waals surface area contributed by atoms with Crippen LogP contribution in [0.25, 0.3) is 5.70 Å². The standard InChI is InChI=1S/C33H44N6O3S/c1-34-22-25-8-12-28(13-9-25)38-23-27-21-31(36-32(27)37-33(38)40)26-10-14-30(15-11-26)43(41,42)39(29-16-18-35-19-17-29)20-4-7-24-5-2-3-6-24/h8-15,21,23-24,29,32,34-36H,2-7,16-20,22H2,1H3,(H,37,40). The highest BCUT2D eigenvalue weighted by atomic mass is 32.2. The normalized spacial score (nSPS) is 21.4. The zero-order valence-corrected chi connectivity index (χ0v) is 25.8. The maximum Gasteiger partial charge on any atom is 0.327 e. The van der Waals surface area contributed by atoms with Gasteiger partial charge in [0.1, 0.15) is 6.17 Å². The lowest BCUT2D eigenvalue weighted by atomic mass is 10.0. The molecular weight excluding hydrogens is 560 g/mol. The molecule has 0 aromatic heterocycles. The molecule has 0 radical (unpaired) electrons. The summed E-state index contributed by atoms with van der Waals surface area (Å²) in [6.45, 7) is 3.06. The van der Waals surface area contributed by atoms with E-state index in [0.717, 1.165) is 79.3 Å². The number of carbonyl (C=O) groups excluding carboxylic acids is 1. The molecule has 3 aliphatic heterocycles. The number of nitrogens with one attached hydrogen (secondary N) is 4. The third-order valence-electron chi connectivity index (χ3n) is 9.26. The van der Waals surface area contributed by atoms with Crippen molar-refractivity contribution in [2.24, 2.45) is 5.92 Å². The highest BCUT2D eigenvalue weighted by Gasteiger charge is 2.34. The fraction of sp³-hybridized carbons (Fsp3) is 0.485. The minimum Gasteiger partial charge on any atom is -0.361 e. The van der Waals surface area contributed by atoms with E-state index in [4.69, 9.17) is 0 Å². The average molecular weight is 605 g/mol. The molecule has 1 saturated carbocycles. The van der Waals surface area contributed by atoms with Gasteiger partial charge in [0.05, 0.1) is 10.6 Å². The number of sulfonamides is 1. The van der Waals surface area contributed by atoms with Gasteiger partial charge in [-0.1, -0.05) is 49.9 Å². The van der Waals surface area contributed by atoms with Crippen LogP contribution in [0.5, 0.6) is 0 Å². The zero-order chi connectivity index (χ0) is 29.8. The lowest BCUT2D eigenvalue weighted by Crippen LogP contribution is -2.51. The molecule has 1 saturated heterocycles. The second-order valence-corrected chi connectivity index (χ2v) is 14.1. The summed E-state index contributed by atoms with van der Waals surface area (Å²) in [4.78, 5) is 14.9. The van der Waals surface area contributed by atoms with E-state index in [0.29, 0.717) is 11.4 Å². The number of piperidine rings is 1. The van der Waals surface area contributed by atoms with Gasteiger partial charge in [-0.05, 0) is 93.2 Å². The van der Waals surface area contributed by atoms with Crippen LogP contribution in [-0.4, -0.2) is 57.6 Å². The molecule has 1 atom stereocenters. The second kappa shape index (κ2) is 13.2. The molecule has 1 aliphatic carbocycles. The summed E-state index contributed by atoms with van der Waals surface area (Å²) in [6, 6.07) is 14.9. The Morgan fingerprint density at radius 3 is 2.37 bits per heavy atom. The number of amides is 2. The van der Waals surface area contributed by atoms with Crippen molar-refractivity contribution in [2.45, 2.75) is 75.0 Å². The van der Waals surface area contributed by atoms with Crippen LogP contribution in [0.4, 0.5) is 10.5 Å². The first-order valence-electron chi connectivity index (χ1n) is 15.8. The molecule has 1 unspecified atom stereocenters. The molecule has 6 rings (SSSR count). The topological polar surface area (TPSA) is 106 Å². The minimum absolute atomic E-state index is 0.0369. The summed E-state index contributed by atoms with van der Waals surface area (Å²) in [6.07, 6.45) is 12.5. The van der Waals surface area contributed by atoms with E-state index in [-0.39, 0.29) is 18.2 Å². The first kappa shape index (κ1) is 29.9. The summed E-state index contributed by atoms with van der Waals surface area (Å²) in [5.74, 6) is 0.753. The molecule has 43 heavy (non-hydrogen) atoms. The van der Waals surface area contributed by atoms with Gasteiger partial charge >= 0.3 is 6.03 Å². The van der Waals surface area contributed by atoms with Crippen LogP contribution in [0.3, 0.4) is 0 Å². The first-order valence-corrected chi connectivity index (χ1v) is 17.2. The van der Waals surface area contributed by atoms with E-state index in [9.17, 15) is 13.2 Å². The van der Waals surface area contributed by atoms with Crippen LogP contribution in [0.2, 0.25) is 0 Å². The van der Waals surface area contributed by atoms with Crippen LogP contribution in [0, 0.1) is 5.92 Å². The summed E-state index contributed by atoms with van der Waals surface area (Å²) < 4.78 is 29.7. The Morgan fingerprint density at radius 2 is 1.67 bits per heavy atom. The van der Waals surface area contributed by atoms with Crippen LogP contribution in [0.1, 0.15) is 62.5 Å². The van der Waals surface area contributed by atoms with Gasteiger partial charge in [0.2, 0.25) is 10.0 Å². The Bertz CT molecular complexity index is 1440. The number of fused-ring (bicyclic) bond motifs is 1. The Balaban J connectivity index is 1.17. The molecule has 2 fully saturated rings. The van der Waals surface area contributed by atoms with Crippen molar-refractivity contribution in [1.29, 1.82) is 0 Å². The van der Waals surface area contributed by atoms with Gasteiger partial charge in [0, 0.05) is 36.6 Å². The number of rotatable bonds is 11. The molecule has 3 heterocycles. The summed E-state index contributed by atoms with van der Waals surface area (Å²) in [5, 5.41) is 12.9. The molecule has 2 aromatic rings. The number of urea groups is 1. The van der Waals surface area contributed by atoms with Crippen LogP contribution in [0.15, 0.2) is 71.3 Å². The molecule has 10 heteroatoms. The van der Waals surface area contributed by atoms with Crippen molar-refractivity contribution in [3.63, 3.8) is 0 Å². The average Bonchev–Trinajstić information content (AvgIpc) is 3.70. The minimum atomic E-state index is -3.62. The molecule has 9 nitrogen and oxygen atoms in total. The molecule has 4 aliphatic rings. The number of hydrogen-bond acceptors (Lipinski definition) is 6. The number of hydrogen-bond donors (Lipinski definition) is 4. The molecule has 2 aromatic carbocycles. The summed E-state index contributed by atoms with van der Waals surface area (Å²) >= 11 is 0. The number of nitrogens with zero attached hydrogens (tertiary/aromatic N) is 2. The maximum absolute atomic E-state index is 14.0. The van der Waals surface area contributed by atoms with Crippen LogP contribution >= 0.6 is 0 Å². The third kappa shape index (κ3) is 6.67. The molecule has 2 amide bonds. The fourth-order valence-electron chi connectivity index (χ4n) is 6.87. The number of anilines is 1. The van der Waals surface area contributed by atoms with Gasteiger partial charge in [-0.15, -0.1) is 0 Å². The van der Waals surface area contributed by atoms with Crippen molar-refractivity contribution in [3.8, 4) is 0 Å². The molecule has 4 N–H and O–H groups in total. The molecule has 0 bridgehead atoms. The van der Waals surface area contributed by atoms with E-state index in [1.165, 1.54) is 25.7 Å². The SMILES string of the molecule is CNCc1ccc(N2C=C3C=C(c4ccc(S(=O)(=O)N(CCCC5CCCC5)C5CCNCC5)cc4)NC3NC2=O)cc1. The van der Waals surface area contributed by atoms with Gasteiger partial charge in [-0.25, -0.2) is 13.2 Å². The lowest BCUT2D eigenvalue weighted by molar-refractivity contribution is 0.244. The van der Waals surface area contributed by atoms with Crippen molar-refractivity contribution >= 4 is 27.4 Å². The predicted octanol–water partition coefficient (Wildman–Crippen LogP) is 4.50. The van der Waals surface area contributed by atoms with Crippen molar-refractivity contribution in [3.05, 3.63) is 77.5 Å². The summed E-state index contributed by atoms with van der Waals surface area (Å²) in [7, 11) is -1.72. The van der Waals surface area contributed by atoms with E-state index in [1.54, 1.807) is 21.3 Å². The van der Waals surface area contributed by atoms with E-state index >= 15 is 0 Å². The van der Waals surface area contributed by atoms with E-state index < -0.39 is 10.0 Å². The van der Waals surface area contributed by atoms with E-state index in [1.807, 2.05) is 55.7 Å². The monoisotopic (exact) mass is 604 g/mol. The highest BCUT2D eigenvalue weighted by Crippen LogP contribution is 2.32. The number of benzene rings is 2. The van der Waals surface area contributed by atoms with Gasteiger partial charge in [-0.2, -0.15) is 4.31 Å². The van der Waals surface area contributed by atoms with Gasteiger partial charge in [0.15, 0.2) is 0 Å². The Kier molecular flexibility index (Phi) is 9.18. The third-order valence-corrected chi connectivity index (χ3v) is 11.2. The van der Waals surface area contributed by atoms with Crippen molar-refractivity contribution < 1.29 is 13.2 Å². The summed E-state index contributed by atoms with van der Waals surface area (Å²) in [5.41, 5.74) is 4.60. The highest BCUT2D eigenvalue weighted by molar-refractivity contribution is 7.89. The zero-order valence-electron chi connectivity index (χ0n) is 25.0.